The maximum absolute atomic E-state index is 12.6. The fourth-order valence-electron chi connectivity index (χ4n) is 3.15. The minimum atomic E-state index is -0.673. The van der Waals surface area contributed by atoms with Gasteiger partial charge in [0.25, 0.3) is 0 Å². The van der Waals surface area contributed by atoms with E-state index in [2.05, 4.69) is 5.32 Å². The smallest absolute Gasteiger partial charge is 0.329 e. The maximum atomic E-state index is 12.6. The molecule has 1 saturated heterocycles. The Morgan fingerprint density at radius 2 is 2.04 bits per heavy atom. The number of rotatable bonds is 6. The second-order valence-electron chi connectivity index (χ2n) is 6.09. The summed E-state index contributed by atoms with van der Waals surface area (Å²) in [6, 6.07) is 4.95. The molecule has 2 amide bonds. The first-order valence-corrected chi connectivity index (χ1v) is 8.25. The molecule has 1 atom stereocenters. The number of ether oxygens (including phenoxy) is 1. The summed E-state index contributed by atoms with van der Waals surface area (Å²) in [5.41, 5.74) is 2.12. The molecule has 2 N–H and O–H groups in total. The molecular formula is C17H21N3O5. The Labute approximate surface area is 144 Å². The van der Waals surface area contributed by atoms with Gasteiger partial charge in [0.1, 0.15) is 6.04 Å². The van der Waals surface area contributed by atoms with E-state index < -0.39 is 11.9 Å². The van der Waals surface area contributed by atoms with Gasteiger partial charge in [0, 0.05) is 13.5 Å². The van der Waals surface area contributed by atoms with Gasteiger partial charge in [-0.3, -0.25) is 24.0 Å². The average Bonchev–Trinajstić information content (AvgIpc) is 2.83. The van der Waals surface area contributed by atoms with Gasteiger partial charge in [-0.05, 0) is 30.5 Å². The number of aliphatic hydroxyl groups excluding tert-OH is 1. The van der Waals surface area contributed by atoms with Crippen molar-refractivity contribution in [3.63, 3.8) is 0 Å². The van der Waals surface area contributed by atoms with Crippen molar-refractivity contribution in [1.82, 2.24) is 14.5 Å². The Morgan fingerprint density at radius 1 is 1.24 bits per heavy atom. The summed E-state index contributed by atoms with van der Waals surface area (Å²) in [6.45, 7) is 0.767. The number of imidazole rings is 1. The predicted octanol–water partition coefficient (Wildman–Crippen LogP) is -0.131. The van der Waals surface area contributed by atoms with Crippen molar-refractivity contribution in [3.8, 4) is 0 Å². The van der Waals surface area contributed by atoms with Crippen molar-refractivity contribution in [1.29, 1.82) is 0 Å². The maximum Gasteiger partial charge on any atom is 0.329 e. The number of nitrogens with zero attached hydrogens (tertiary/aromatic N) is 2. The van der Waals surface area contributed by atoms with Gasteiger partial charge < -0.3 is 9.84 Å². The number of aromatic nitrogens is 2. The molecule has 2 heterocycles. The van der Waals surface area contributed by atoms with Gasteiger partial charge in [0.2, 0.25) is 11.8 Å². The van der Waals surface area contributed by atoms with Crippen LogP contribution < -0.4 is 11.0 Å². The Bertz CT molecular complexity index is 867. The number of aryl methyl sites for hydroxylation is 1. The van der Waals surface area contributed by atoms with Crippen LogP contribution in [-0.4, -0.2) is 45.9 Å². The number of amides is 2. The van der Waals surface area contributed by atoms with Crippen LogP contribution in [0.15, 0.2) is 23.0 Å². The first kappa shape index (κ1) is 17.4. The molecule has 1 unspecified atom stereocenters. The third kappa shape index (κ3) is 3.35. The SMILES string of the molecule is Cn1c(=O)n(C2CCC(=O)NC2=O)c2ccc(CCOCCO)cc21. The molecule has 25 heavy (non-hydrogen) atoms. The largest absolute Gasteiger partial charge is 0.394 e. The van der Waals surface area contributed by atoms with Crippen molar-refractivity contribution in [2.75, 3.05) is 19.8 Å². The third-order valence-corrected chi connectivity index (χ3v) is 4.45. The Kier molecular flexibility index (Phi) is 5.00. The molecular weight excluding hydrogens is 326 g/mol. The van der Waals surface area contributed by atoms with Gasteiger partial charge in [0.15, 0.2) is 0 Å². The lowest BCUT2D eigenvalue weighted by atomic mass is 10.1. The lowest BCUT2D eigenvalue weighted by Gasteiger charge is -2.21. The first-order chi connectivity index (χ1) is 12.0. The highest BCUT2D eigenvalue weighted by molar-refractivity contribution is 6.00. The van der Waals surface area contributed by atoms with Gasteiger partial charge in [-0.1, -0.05) is 6.07 Å². The fraction of sp³-hybridized carbons (Fsp3) is 0.471. The molecule has 3 rings (SSSR count). The zero-order valence-corrected chi connectivity index (χ0v) is 14.0. The van der Waals surface area contributed by atoms with Crippen LogP contribution in [0.25, 0.3) is 11.0 Å². The summed E-state index contributed by atoms with van der Waals surface area (Å²) < 4.78 is 8.24. The van der Waals surface area contributed by atoms with E-state index in [0.29, 0.717) is 31.6 Å². The van der Waals surface area contributed by atoms with Crippen molar-refractivity contribution < 1.29 is 19.4 Å². The lowest BCUT2D eigenvalue weighted by molar-refractivity contribution is -0.135. The quantitative estimate of drug-likeness (QED) is 0.560. The minimum Gasteiger partial charge on any atom is -0.394 e. The van der Waals surface area contributed by atoms with E-state index >= 15 is 0 Å². The zero-order chi connectivity index (χ0) is 18.0. The van der Waals surface area contributed by atoms with Crippen LogP contribution in [0.3, 0.4) is 0 Å². The molecule has 0 aliphatic carbocycles. The second kappa shape index (κ2) is 7.20. The molecule has 0 spiro atoms. The summed E-state index contributed by atoms with van der Waals surface area (Å²) in [7, 11) is 1.67. The van der Waals surface area contributed by atoms with Crippen LogP contribution in [0.4, 0.5) is 0 Å². The summed E-state index contributed by atoms with van der Waals surface area (Å²) in [5, 5.41) is 11.0. The highest BCUT2D eigenvalue weighted by Crippen LogP contribution is 2.23. The van der Waals surface area contributed by atoms with E-state index in [1.165, 1.54) is 9.13 Å². The molecule has 1 aliphatic heterocycles. The lowest BCUT2D eigenvalue weighted by Crippen LogP contribution is -2.44. The molecule has 0 radical (unpaired) electrons. The number of fused-ring (bicyclic) bond motifs is 1. The number of aliphatic hydroxyl groups is 1. The van der Waals surface area contributed by atoms with Crippen LogP contribution in [0, 0.1) is 0 Å². The van der Waals surface area contributed by atoms with Crippen LogP contribution in [0.2, 0.25) is 0 Å². The number of nitrogens with one attached hydrogen (secondary N) is 1. The molecule has 8 heteroatoms. The van der Waals surface area contributed by atoms with Crippen LogP contribution in [-0.2, 0) is 27.8 Å². The molecule has 1 aromatic carbocycles. The molecule has 1 aliphatic rings. The number of imide groups is 1. The molecule has 0 bridgehead atoms. The summed E-state index contributed by atoms with van der Waals surface area (Å²) in [5.74, 6) is -0.743. The molecule has 2 aromatic rings. The van der Waals surface area contributed by atoms with E-state index in [1.54, 1.807) is 7.05 Å². The Hall–Kier alpha value is -2.45. The van der Waals surface area contributed by atoms with E-state index in [0.717, 1.165) is 11.1 Å². The number of carbonyl (C=O) groups is 2. The van der Waals surface area contributed by atoms with Gasteiger partial charge in [-0.2, -0.15) is 0 Å². The van der Waals surface area contributed by atoms with Gasteiger partial charge in [0.05, 0.1) is 30.9 Å². The normalized spacial score (nSPS) is 17.9. The van der Waals surface area contributed by atoms with Gasteiger partial charge >= 0.3 is 5.69 Å². The highest BCUT2D eigenvalue weighted by Gasteiger charge is 2.31. The Morgan fingerprint density at radius 3 is 2.76 bits per heavy atom. The average molecular weight is 347 g/mol. The molecule has 134 valence electrons. The van der Waals surface area contributed by atoms with E-state index in [4.69, 9.17) is 9.84 Å². The summed E-state index contributed by atoms with van der Waals surface area (Å²) >= 11 is 0. The van der Waals surface area contributed by atoms with Crippen molar-refractivity contribution in [2.45, 2.75) is 25.3 Å². The zero-order valence-electron chi connectivity index (χ0n) is 14.0. The summed E-state index contributed by atoms with van der Waals surface area (Å²) in [4.78, 5) is 36.1. The van der Waals surface area contributed by atoms with E-state index in [9.17, 15) is 14.4 Å². The van der Waals surface area contributed by atoms with Crippen LogP contribution >= 0.6 is 0 Å². The number of piperidine rings is 1. The van der Waals surface area contributed by atoms with Crippen LogP contribution in [0.5, 0.6) is 0 Å². The number of hydrogen-bond donors (Lipinski definition) is 2. The van der Waals surface area contributed by atoms with Crippen molar-refractivity contribution >= 4 is 22.8 Å². The Balaban J connectivity index is 1.93. The highest BCUT2D eigenvalue weighted by atomic mass is 16.5. The number of hydrogen-bond acceptors (Lipinski definition) is 5. The number of benzene rings is 1. The molecule has 1 aromatic heterocycles. The van der Waals surface area contributed by atoms with Gasteiger partial charge in [-0.25, -0.2) is 4.79 Å². The number of carbonyl (C=O) groups excluding carboxylic acids is 2. The summed E-state index contributed by atoms with van der Waals surface area (Å²) in [6.07, 6.45) is 1.20. The third-order valence-electron chi connectivity index (χ3n) is 4.45. The molecule has 8 nitrogen and oxygen atoms in total. The predicted molar refractivity (Wildman–Crippen MR) is 90.2 cm³/mol. The van der Waals surface area contributed by atoms with Crippen molar-refractivity contribution in [2.24, 2.45) is 7.05 Å². The van der Waals surface area contributed by atoms with Crippen molar-refractivity contribution in [3.05, 3.63) is 34.2 Å². The fourth-order valence-corrected chi connectivity index (χ4v) is 3.15. The molecule has 0 saturated carbocycles. The molecule has 1 fully saturated rings. The van der Waals surface area contributed by atoms with Crippen LogP contribution in [0.1, 0.15) is 24.4 Å². The first-order valence-electron chi connectivity index (χ1n) is 8.25. The van der Waals surface area contributed by atoms with Gasteiger partial charge in [-0.15, -0.1) is 0 Å². The minimum absolute atomic E-state index is 0.0116. The second-order valence-corrected chi connectivity index (χ2v) is 6.09. The van der Waals surface area contributed by atoms with E-state index in [-0.39, 0.29) is 24.6 Å². The monoisotopic (exact) mass is 347 g/mol. The topological polar surface area (TPSA) is 103 Å². The standard InChI is InChI=1S/C17H21N3O5/c1-19-14-10-11(6-8-25-9-7-21)2-3-12(14)20(17(19)24)13-4-5-15(22)18-16(13)23/h2-3,10,13,21H,4-9H2,1H3,(H,18,22,23). The van der Waals surface area contributed by atoms with E-state index in [1.807, 2.05) is 18.2 Å².